The summed E-state index contributed by atoms with van der Waals surface area (Å²) in [5.41, 5.74) is 3.56. The molecule has 3 heterocycles. The second-order valence-corrected chi connectivity index (χ2v) is 7.23. The van der Waals surface area contributed by atoms with Crippen LogP contribution >= 0.6 is 11.3 Å². The predicted octanol–water partition coefficient (Wildman–Crippen LogP) is 1.33. The van der Waals surface area contributed by atoms with Gasteiger partial charge in [0.2, 0.25) is 5.91 Å². The number of hydrogen-bond donors (Lipinski definition) is 1. The number of carbonyl (C=O) groups is 2. The zero-order valence-electron chi connectivity index (χ0n) is 14.2. The zero-order chi connectivity index (χ0) is 17.9. The Hall–Kier alpha value is -2.32. The molecule has 7 nitrogen and oxygen atoms in total. The Morgan fingerprint density at radius 2 is 2.31 bits per heavy atom. The minimum atomic E-state index is -0.729. The molecular weight excluding hydrogens is 352 g/mol. The van der Waals surface area contributed by atoms with Crippen LogP contribution in [0.2, 0.25) is 0 Å². The van der Waals surface area contributed by atoms with Crippen molar-refractivity contribution in [1.82, 2.24) is 20.2 Å². The van der Waals surface area contributed by atoms with Crippen molar-refractivity contribution in [2.24, 2.45) is 0 Å². The Labute approximate surface area is 155 Å². The van der Waals surface area contributed by atoms with Crippen molar-refractivity contribution in [1.29, 1.82) is 0 Å². The second kappa shape index (κ2) is 7.51. The number of nitrogens with zero attached hydrogens (tertiary/aromatic N) is 3. The van der Waals surface area contributed by atoms with Crippen LogP contribution in [0.1, 0.15) is 30.1 Å². The van der Waals surface area contributed by atoms with Gasteiger partial charge in [0.05, 0.1) is 17.2 Å². The smallest absolute Gasteiger partial charge is 0.251 e. The van der Waals surface area contributed by atoms with Crippen LogP contribution in [0.4, 0.5) is 0 Å². The fraction of sp³-hybridized carbons (Fsp3) is 0.444. The van der Waals surface area contributed by atoms with Crippen molar-refractivity contribution in [3.8, 4) is 0 Å². The molecule has 0 radical (unpaired) electrons. The van der Waals surface area contributed by atoms with E-state index in [0.29, 0.717) is 13.0 Å². The molecule has 2 fully saturated rings. The molecule has 1 saturated heterocycles. The number of aromatic nitrogens is 2. The van der Waals surface area contributed by atoms with Crippen molar-refractivity contribution in [3.63, 3.8) is 0 Å². The molecule has 1 aliphatic heterocycles. The molecular formula is C18H20N4O3S. The van der Waals surface area contributed by atoms with Crippen LogP contribution in [0.25, 0.3) is 0 Å². The first kappa shape index (κ1) is 17.1. The number of morpholine rings is 1. The Kier molecular flexibility index (Phi) is 4.94. The highest BCUT2D eigenvalue weighted by atomic mass is 32.1. The van der Waals surface area contributed by atoms with Crippen LogP contribution in [-0.2, 0) is 20.7 Å². The van der Waals surface area contributed by atoms with Crippen molar-refractivity contribution in [3.05, 3.63) is 46.7 Å². The summed E-state index contributed by atoms with van der Waals surface area (Å²) in [6.07, 6.45) is 5.27. The maximum Gasteiger partial charge on any atom is 0.251 e. The largest absolute Gasteiger partial charge is 0.356 e. The summed E-state index contributed by atoms with van der Waals surface area (Å²) in [7, 11) is 0. The summed E-state index contributed by atoms with van der Waals surface area (Å²) < 4.78 is 5.67. The quantitative estimate of drug-likeness (QED) is 0.827. The Balaban J connectivity index is 1.50. The third kappa shape index (κ3) is 3.61. The molecule has 2 aliphatic rings. The first-order valence-corrected chi connectivity index (χ1v) is 9.66. The molecule has 2 atom stereocenters. The van der Waals surface area contributed by atoms with E-state index in [0.717, 1.165) is 24.1 Å². The maximum absolute atomic E-state index is 12.8. The van der Waals surface area contributed by atoms with Gasteiger partial charge >= 0.3 is 0 Å². The third-order valence-electron chi connectivity index (χ3n) is 4.65. The Bertz CT molecular complexity index is 764. The van der Waals surface area contributed by atoms with E-state index in [1.165, 1.54) is 11.3 Å². The van der Waals surface area contributed by atoms with Gasteiger partial charge in [-0.15, -0.1) is 11.3 Å². The van der Waals surface area contributed by atoms with Gasteiger partial charge in [-0.2, -0.15) is 0 Å². The molecule has 1 saturated carbocycles. The number of amides is 2. The van der Waals surface area contributed by atoms with Gasteiger partial charge in [-0.25, -0.2) is 4.98 Å². The number of carbonyl (C=O) groups excluding carboxylic acids is 2. The van der Waals surface area contributed by atoms with Crippen LogP contribution in [0.5, 0.6) is 0 Å². The molecule has 2 aromatic rings. The second-order valence-electron chi connectivity index (χ2n) is 6.52. The third-order valence-corrected chi connectivity index (χ3v) is 5.28. The van der Waals surface area contributed by atoms with E-state index in [9.17, 15) is 9.59 Å². The van der Waals surface area contributed by atoms with Crippen LogP contribution < -0.4 is 5.32 Å². The van der Waals surface area contributed by atoms with Gasteiger partial charge in [0.25, 0.3) is 5.91 Å². The molecule has 8 heteroatoms. The minimum Gasteiger partial charge on any atom is -0.356 e. The fourth-order valence-electron chi connectivity index (χ4n) is 3.29. The topological polar surface area (TPSA) is 84.4 Å². The highest BCUT2D eigenvalue weighted by Crippen LogP contribution is 2.39. The van der Waals surface area contributed by atoms with E-state index in [4.69, 9.17) is 4.74 Å². The van der Waals surface area contributed by atoms with E-state index in [1.54, 1.807) is 17.9 Å². The fourth-order valence-corrected chi connectivity index (χ4v) is 3.88. The molecule has 0 unspecified atom stereocenters. The van der Waals surface area contributed by atoms with E-state index in [1.807, 2.05) is 22.4 Å². The number of nitrogens with one attached hydrogen (secondary N) is 1. The van der Waals surface area contributed by atoms with Gasteiger partial charge in [0.1, 0.15) is 6.61 Å². The average Bonchev–Trinajstić information content (AvgIpc) is 3.37. The minimum absolute atomic E-state index is 0.0581. The van der Waals surface area contributed by atoms with Crippen LogP contribution in [0, 0.1) is 0 Å². The van der Waals surface area contributed by atoms with E-state index in [2.05, 4.69) is 15.3 Å². The molecule has 0 aromatic carbocycles. The lowest BCUT2D eigenvalue weighted by molar-refractivity contribution is -0.165. The molecule has 26 heavy (non-hydrogen) atoms. The van der Waals surface area contributed by atoms with E-state index >= 15 is 0 Å². The number of hydrogen-bond acceptors (Lipinski definition) is 6. The molecule has 136 valence electrons. The van der Waals surface area contributed by atoms with E-state index in [-0.39, 0.29) is 24.5 Å². The van der Waals surface area contributed by atoms with Crippen molar-refractivity contribution >= 4 is 23.2 Å². The summed E-state index contributed by atoms with van der Waals surface area (Å²) in [6.45, 7) is 0.428. The molecule has 1 aliphatic carbocycles. The van der Waals surface area contributed by atoms with Crippen molar-refractivity contribution in [2.75, 3.05) is 13.2 Å². The molecule has 0 spiro atoms. The maximum atomic E-state index is 12.8. The summed E-state index contributed by atoms with van der Waals surface area (Å²) in [5, 5.41) is 4.89. The van der Waals surface area contributed by atoms with Gasteiger partial charge in [-0.3, -0.25) is 14.6 Å². The van der Waals surface area contributed by atoms with Gasteiger partial charge in [-0.1, -0.05) is 6.07 Å². The van der Waals surface area contributed by atoms with Gasteiger partial charge < -0.3 is 15.0 Å². The van der Waals surface area contributed by atoms with Crippen molar-refractivity contribution in [2.45, 2.75) is 37.5 Å². The molecule has 0 bridgehead atoms. The summed E-state index contributed by atoms with van der Waals surface area (Å²) >= 11 is 1.54. The summed E-state index contributed by atoms with van der Waals surface area (Å²) in [5.74, 6) is -0.264. The predicted molar refractivity (Wildman–Crippen MR) is 95.4 cm³/mol. The molecule has 1 N–H and O–H groups in total. The molecule has 2 amide bonds. The van der Waals surface area contributed by atoms with Crippen LogP contribution in [0.15, 0.2) is 35.4 Å². The average molecular weight is 372 g/mol. The van der Waals surface area contributed by atoms with Gasteiger partial charge in [-0.05, 0) is 24.5 Å². The van der Waals surface area contributed by atoms with Gasteiger partial charge in [0, 0.05) is 36.8 Å². The van der Waals surface area contributed by atoms with Gasteiger partial charge in [0.15, 0.2) is 6.10 Å². The zero-order valence-corrected chi connectivity index (χ0v) is 15.0. The summed E-state index contributed by atoms with van der Waals surface area (Å²) in [6, 6.07) is 3.47. The standard InChI is InChI=1S/C18H20N4O3S/c23-15-9-25-17(18(24)20-7-5-13-10-26-11-21-13)16(22(15)14-3-4-14)12-2-1-6-19-8-12/h1-2,6,8,10-11,14,16-17H,3-5,7,9H2,(H,20,24)/t16-,17+/m1/s1. The first-order valence-electron chi connectivity index (χ1n) is 8.71. The molecule has 2 aromatic heterocycles. The Morgan fingerprint density at radius 1 is 1.42 bits per heavy atom. The molecule has 4 rings (SSSR count). The van der Waals surface area contributed by atoms with E-state index < -0.39 is 12.1 Å². The lowest BCUT2D eigenvalue weighted by Crippen LogP contribution is -2.55. The first-order chi connectivity index (χ1) is 12.7. The lowest BCUT2D eigenvalue weighted by atomic mass is 9.98. The normalized spacial score (nSPS) is 23.1. The number of ether oxygens (including phenoxy) is 1. The monoisotopic (exact) mass is 372 g/mol. The lowest BCUT2D eigenvalue weighted by Gasteiger charge is -2.40. The van der Waals surface area contributed by atoms with Crippen molar-refractivity contribution < 1.29 is 14.3 Å². The number of pyridine rings is 1. The highest BCUT2D eigenvalue weighted by Gasteiger charge is 2.47. The number of thiazole rings is 1. The number of rotatable bonds is 6. The highest BCUT2D eigenvalue weighted by molar-refractivity contribution is 7.07. The summed E-state index contributed by atoms with van der Waals surface area (Å²) in [4.78, 5) is 35.4. The SMILES string of the molecule is O=C(NCCc1cscn1)[C@H]1OCC(=O)N(C2CC2)[C@@H]1c1cccnc1. The Morgan fingerprint density at radius 3 is 3.00 bits per heavy atom. The van der Waals surface area contributed by atoms with Crippen LogP contribution in [0.3, 0.4) is 0 Å². The van der Waals surface area contributed by atoms with Crippen LogP contribution in [-0.4, -0.2) is 52.0 Å².